The van der Waals surface area contributed by atoms with Crippen molar-refractivity contribution in [3.05, 3.63) is 71.4 Å². The van der Waals surface area contributed by atoms with E-state index in [0.717, 1.165) is 17.1 Å². The molecule has 0 aliphatic carbocycles. The minimum atomic E-state index is -0.149. The van der Waals surface area contributed by atoms with E-state index in [1.807, 2.05) is 31.2 Å². The first kappa shape index (κ1) is 14.0. The SMILES string of the molecule is CCOc1ccn(-c2ccnc(-c3ccccn3)c2)c(=O)c1. The average Bonchev–Trinajstić information content (AvgIpc) is 2.56. The van der Waals surface area contributed by atoms with Gasteiger partial charge in [-0.15, -0.1) is 0 Å². The normalized spacial score (nSPS) is 10.4. The van der Waals surface area contributed by atoms with E-state index in [2.05, 4.69) is 9.97 Å². The molecule has 3 aromatic rings. The standard InChI is InChI=1S/C17H15N3O2/c1-2-22-14-7-10-20(17(21)12-14)13-6-9-19-16(11-13)15-5-3-4-8-18-15/h3-12H,2H2,1H3. The Kier molecular flexibility index (Phi) is 3.96. The molecule has 110 valence electrons. The van der Waals surface area contributed by atoms with Crippen molar-refractivity contribution < 1.29 is 4.74 Å². The highest BCUT2D eigenvalue weighted by molar-refractivity contribution is 5.57. The molecule has 0 fully saturated rings. The largest absolute Gasteiger partial charge is 0.494 e. The molecule has 5 heteroatoms. The molecule has 22 heavy (non-hydrogen) atoms. The Hall–Kier alpha value is -2.95. The summed E-state index contributed by atoms with van der Waals surface area (Å²) in [6, 6.07) is 12.5. The zero-order chi connectivity index (χ0) is 15.4. The number of pyridine rings is 3. The third-order valence-corrected chi connectivity index (χ3v) is 3.15. The molecule has 0 spiro atoms. The lowest BCUT2D eigenvalue weighted by Gasteiger charge is -2.08. The van der Waals surface area contributed by atoms with Crippen LogP contribution in [-0.2, 0) is 0 Å². The van der Waals surface area contributed by atoms with E-state index in [1.165, 1.54) is 6.07 Å². The van der Waals surface area contributed by atoms with Gasteiger partial charge in [-0.1, -0.05) is 6.07 Å². The number of nitrogens with zero attached hydrogens (tertiary/aromatic N) is 3. The Morgan fingerprint density at radius 3 is 2.64 bits per heavy atom. The maximum atomic E-state index is 12.2. The zero-order valence-electron chi connectivity index (χ0n) is 12.1. The molecule has 0 amide bonds. The second kappa shape index (κ2) is 6.22. The smallest absolute Gasteiger partial charge is 0.258 e. The van der Waals surface area contributed by atoms with Crippen LogP contribution in [0.5, 0.6) is 5.75 Å². The summed E-state index contributed by atoms with van der Waals surface area (Å²) in [5, 5.41) is 0. The molecule has 3 rings (SSSR count). The zero-order valence-corrected chi connectivity index (χ0v) is 12.1. The molecular weight excluding hydrogens is 278 g/mol. The molecule has 0 N–H and O–H groups in total. The second-order valence-corrected chi connectivity index (χ2v) is 4.62. The van der Waals surface area contributed by atoms with Gasteiger partial charge in [0.15, 0.2) is 0 Å². The van der Waals surface area contributed by atoms with Crippen LogP contribution in [-0.4, -0.2) is 21.1 Å². The van der Waals surface area contributed by atoms with Gasteiger partial charge in [-0.3, -0.25) is 19.3 Å². The van der Waals surface area contributed by atoms with Crippen molar-refractivity contribution in [1.29, 1.82) is 0 Å². The van der Waals surface area contributed by atoms with E-state index in [9.17, 15) is 4.79 Å². The summed E-state index contributed by atoms with van der Waals surface area (Å²) in [6.07, 6.45) is 5.08. The van der Waals surface area contributed by atoms with E-state index in [0.29, 0.717) is 12.4 Å². The maximum absolute atomic E-state index is 12.2. The number of hydrogen-bond donors (Lipinski definition) is 0. The number of rotatable bonds is 4. The van der Waals surface area contributed by atoms with E-state index in [4.69, 9.17) is 4.74 Å². The summed E-state index contributed by atoms with van der Waals surface area (Å²) in [5.41, 5.74) is 2.08. The van der Waals surface area contributed by atoms with Crippen molar-refractivity contribution in [3.8, 4) is 22.8 Å². The molecule has 0 aromatic carbocycles. The Morgan fingerprint density at radius 1 is 1.05 bits per heavy atom. The van der Waals surface area contributed by atoms with Crippen molar-refractivity contribution >= 4 is 0 Å². The fourth-order valence-electron chi connectivity index (χ4n) is 2.15. The summed E-state index contributed by atoms with van der Waals surface area (Å²) in [4.78, 5) is 20.8. The van der Waals surface area contributed by atoms with Crippen molar-refractivity contribution in [3.63, 3.8) is 0 Å². The van der Waals surface area contributed by atoms with E-state index in [1.54, 1.807) is 35.3 Å². The first-order chi connectivity index (χ1) is 10.8. The van der Waals surface area contributed by atoms with Crippen molar-refractivity contribution in [1.82, 2.24) is 14.5 Å². The summed E-state index contributed by atoms with van der Waals surface area (Å²) >= 11 is 0. The van der Waals surface area contributed by atoms with Crippen LogP contribution in [0.4, 0.5) is 0 Å². The average molecular weight is 293 g/mol. The van der Waals surface area contributed by atoms with Crippen LogP contribution in [0, 0.1) is 0 Å². The van der Waals surface area contributed by atoms with Crippen molar-refractivity contribution in [2.75, 3.05) is 6.61 Å². The lowest BCUT2D eigenvalue weighted by atomic mass is 10.2. The fourth-order valence-corrected chi connectivity index (χ4v) is 2.15. The molecule has 0 saturated carbocycles. The van der Waals surface area contributed by atoms with Crippen LogP contribution >= 0.6 is 0 Å². The predicted molar refractivity (Wildman–Crippen MR) is 84.2 cm³/mol. The third-order valence-electron chi connectivity index (χ3n) is 3.15. The lowest BCUT2D eigenvalue weighted by molar-refractivity contribution is 0.339. The fraction of sp³-hybridized carbons (Fsp3) is 0.118. The highest BCUT2D eigenvalue weighted by Crippen LogP contribution is 2.17. The van der Waals surface area contributed by atoms with Gasteiger partial charge in [0.2, 0.25) is 0 Å². The molecule has 3 aromatic heterocycles. The predicted octanol–water partition coefficient (Wildman–Crippen LogP) is 2.69. The van der Waals surface area contributed by atoms with E-state index < -0.39 is 0 Å². The van der Waals surface area contributed by atoms with Gasteiger partial charge < -0.3 is 4.74 Å². The molecule has 0 aliphatic rings. The molecule has 0 aliphatic heterocycles. The Bertz CT molecular complexity index is 829. The summed E-state index contributed by atoms with van der Waals surface area (Å²) in [6.45, 7) is 2.41. The van der Waals surface area contributed by atoms with Crippen LogP contribution in [0.1, 0.15) is 6.92 Å². The molecule has 0 radical (unpaired) electrons. The number of aromatic nitrogens is 3. The first-order valence-corrected chi connectivity index (χ1v) is 7.01. The minimum absolute atomic E-state index is 0.149. The highest BCUT2D eigenvalue weighted by atomic mass is 16.5. The van der Waals surface area contributed by atoms with Gasteiger partial charge in [0.1, 0.15) is 5.75 Å². The van der Waals surface area contributed by atoms with Crippen LogP contribution in [0.2, 0.25) is 0 Å². The van der Waals surface area contributed by atoms with E-state index in [-0.39, 0.29) is 5.56 Å². The molecule has 0 bridgehead atoms. The van der Waals surface area contributed by atoms with Gasteiger partial charge >= 0.3 is 0 Å². The summed E-state index contributed by atoms with van der Waals surface area (Å²) in [5.74, 6) is 0.572. The molecule has 0 unspecified atom stereocenters. The Balaban J connectivity index is 2.01. The van der Waals surface area contributed by atoms with Gasteiger partial charge in [-0.2, -0.15) is 0 Å². The molecule has 0 saturated heterocycles. The van der Waals surface area contributed by atoms with Crippen LogP contribution in [0.3, 0.4) is 0 Å². The molecule has 0 atom stereocenters. The monoisotopic (exact) mass is 293 g/mol. The summed E-state index contributed by atoms with van der Waals surface area (Å²) in [7, 11) is 0. The van der Waals surface area contributed by atoms with Crippen LogP contribution < -0.4 is 10.3 Å². The third kappa shape index (κ3) is 2.88. The Labute approximate surface area is 127 Å². The highest BCUT2D eigenvalue weighted by Gasteiger charge is 2.05. The quantitative estimate of drug-likeness (QED) is 0.742. The first-order valence-electron chi connectivity index (χ1n) is 7.01. The van der Waals surface area contributed by atoms with Gasteiger partial charge in [-0.25, -0.2) is 0 Å². The van der Waals surface area contributed by atoms with Crippen molar-refractivity contribution in [2.24, 2.45) is 0 Å². The van der Waals surface area contributed by atoms with Gasteiger partial charge in [0.05, 0.1) is 23.7 Å². The Morgan fingerprint density at radius 2 is 1.91 bits per heavy atom. The molecule has 5 nitrogen and oxygen atoms in total. The minimum Gasteiger partial charge on any atom is -0.494 e. The number of ether oxygens (including phenoxy) is 1. The lowest BCUT2D eigenvalue weighted by Crippen LogP contribution is -2.16. The second-order valence-electron chi connectivity index (χ2n) is 4.62. The number of hydrogen-bond acceptors (Lipinski definition) is 4. The van der Waals surface area contributed by atoms with Gasteiger partial charge in [0, 0.05) is 24.7 Å². The topological polar surface area (TPSA) is 57.0 Å². The summed E-state index contributed by atoms with van der Waals surface area (Å²) < 4.78 is 6.89. The van der Waals surface area contributed by atoms with Crippen molar-refractivity contribution in [2.45, 2.75) is 6.92 Å². The van der Waals surface area contributed by atoms with Gasteiger partial charge in [0.25, 0.3) is 5.56 Å². The molecular formula is C17H15N3O2. The maximum Gasteiger partial charge on any atom is 0.258 e. The van der Waals surface area contributed by atoms with Crippen LogP contribution in [0.25, 0.3) is 17.1 Å². The van der Waals surface area contributed by atoms with Crippen LogP contribution in [0.15, 0.2) is 65.8 Å². The van der Waals surface area contributed by atoms with Gasteiger partial charge in [-0.05, 0) is 37.3 Å². The van der Waals surface area contributed by atoms with E-state index >= 15 is 0 Å². The molecule has 3 heterocycles.